The molecule has 0 heterocycles. The summed E-state index contributed by atoms with van der Waals surface area (Å²) in [6, 6.07) is 13.0. The molecule has 0 bridgehead atoms. The minimum atomic E-state index is -0.961. The van der Waals surface area contributed by atoms with Crippen LogP contribution in [0.25, 0.3) is 6.08 Å². The number of rotatable bonds is 3. The van der Waals surface area contributed by atoms with Crippen molar-refractivity contribution in [3.05, 3.63) is 75.9 Å². The first kappa shape index (κ1) is 15.2. The summed E-state index contributed by atoms with van der Waals surface area (Å²) < 4.78 is 0. The molecular weight excluding hydrogens is 288 g/mol. The van der Waals surface area contributed by atoms with Gasteiger partial charge in [-0.05, 0) is 60.2 Å². The Morgan fingerprint density at radius 1 is 1.13 bits per heavy atom. The lowest BCUT2D eigenvalue weighted by atomic mass is 9.85. The lowest BCUT2D eigenvalue weighted by Gasteiger charge is -2.18. The van der Waals surface area contributed by atoms with Crippen molar-refractivity contribution in [2.45, 2.75) is 26.2 Å². The van der Waals surface area contributed by atoms with E-state index in [2.05, 4.69) is 19.1 Å². The Bertz CT molecular complexity index is 798. The Morgan fingerprint density at radius 3 is 2.52 bits per heavy atom. The molecule has 0 fully saturated rings. The van der Waals surface area contributed by atoms with Gasteiger partial charge in [-0.2, -0.15) is 0 Å². The average molecular weight is 306 g/mol. The number of hydrogen-bond donors (Lipinski definition) is 1. The standard InChI is InChI=1S/C20H18O3/c1-2-13-3-5-14(6-4-13)11-16-8-7-15-12-17(20(22)23)9-10-18(15)19(16)21/h3-6,9-12H,2,7-8H2,1H3,(H,22,23). The zero-order valence-electron chi connectivity index (χ0n) is 13.0. The molecule has 1 aliphatic rings. The number of hydrogen-bond acceptors (Lipinski definition) is 2. The molecule has 0 radical (unpaired) electrons. The van der Waals surface area contributed by atoms with Gasteiger partial charge in [-0.1, -0.05) is 31.2 Å². The van der Waals surface area contributed by atoms with Gasteiger partial charge in [0.25, 0.3) is 0 Å². The molecule has 3 nitrogen and oxygen atoms in total. The number of carbonyl (C=O) groups excluding carboxylic acids is 1. The topological polar surface area (TPSA) is 54.4 Å². The van der Waals surface area contributed by atoms with E-state index in [1.165, 1.54) is 11.6 Å². The van der Waals surface area contributed by atoms with Crippen LogP contribution >= 0.6 is 0 Å². The summed E-state index contributed by atoms with van der Waals surface area (Å²) in [5.41, 5.74) is 4.76. The molecule has 2 aromatic rings. The highest BCUT2D eigenvalue weighted by Gasteiger charge is 2.22. The van der Waals surface area contributed by atoms with Crippen LogP contribution in [0.3, 0.4) is 0 Å². The molecule has 0 amide bonds. The molecule has 0 aliphatic heterocycles. The second kappa shape index (κ2) is 6.21. The molecule has 23 heavy (non-hydrogen) atoms. The van der Waals surface area contributed by atoms with Crippen molar-refractivity contribution in [3.8, 4) is 0 Å². The van der Waals surface area contributed by atoms with E-state index in [4.69, 9.17) is 5.11 Å². The van der Waals surface area contributed by atoms with Crippen LogP contribution in [-0.2, 0) is 12.8 Å². The number of aryl methyl sites for hydroxylation is 2. The van der Waals surface area contributed by atoms with E-state index in [0.717, 1.165) is 23.1 Å². The number of benzene rings is 2. The third-order valence-electron chi connectivity index (χ3n) is 4.28. The van der Waals surface area contributed by atoms with Crippen LogP contribution in [0.4, 0.5) is 0 Å². The van der Waals surface area contributed by atoms with Crippen molar-refractivity contribution in [1.82, 2.24) is 0 Å². The number of aromatic carboxylic acids is 1. The molecule has 0 spiro atoms. The third-order valence-corrected chi connectivity index (χ3v) is 4.28. The molecule has 3 rings (SSSR count). The van der Waals surface area contributed by atoms with Crippen molar-refractivity contribution >= 4 is 17.8 Å². The molecule has 3 heteroatoms. The summed E-state index contributed by atoms with van der Waals surface area (Å²) >= 11 is 0. The minimum absolute atomic E-state index is 0.00255. The maximum absolute atomic E-state index is 12.6. The number of carbonyl (C=O) groups is 2. The van der Waals surface area contributed by atoms with E-state index in [0.29, 0.717) is 18.4 Å². The zero-order chi connectivity index (χ0) is 16.4. The van der Waals surface area contributed by atoms with Crippen LogP contribution in [-0.4, -0.2) is 16.9 Å². The monoisotopic (exact) mass is 306 g/mol. The van der Waals surface area contributed by atoms with Crippen molar-refractivity contribution in [2.24, 2.45) is 0 Å². The highest BCUT2D eigenvalue weighted by atomic mass is 16.4. The Labute approximate surface area is 135 Å². The summed E-state index contributed by atoms with van der Waals surface area (Å²) in [6.45, 7) is 2.11. The fraction of sp³-hybridized carbons (Fsp3) is 0.200. The van der Waals surface area contributed by atoms with Crippen LogP contribution < -0.4 is 0 Å². The van der Waals surface area contributed by atoms with Crippen molar-refractivity contribution in [1.29, 1.82) is 0 Å². The Morgan fingerprint density at radius 2 is 1.87 bits per heavy atom. The number of fused-ring (bicyclic) bond motifs is 1. The van der Waals surface area contributed by atoms with E-state index >= 15 is 0 Å². The molecule has 0 saturated carbocycles. The summed E-state index contributed by atoms with van der Waals surface area (Å²) in [6.07, 6.45) is 4.27. The van der Waals surface area contributed by atoms with Crippen LogP contribution in [0, 0.1) is 0 Å². The van der Waals surface area contributed by atoms with Gasteiger partial charge in [-0.15, -0.1) is 0 Å². The molecule has 1 N–H and O–H groups in total. The van der Waals surface area contributed by atoms with E-state index in [1.54, 1.807) is 12.1 Å². The number of carboxylic acid groups (broad SMARTS) is 1. The molecule has 2 aromatic carbocycles. The van der Waals surface area contributed by atoms with Gasteiger partial charge in [0.1, 0.15) is 0 Å². The minimum Gasteiger partial charge on any atom is -0.478 e. The van der Waals surface area contributed by atoms with E-state index in [9.17, 15) is 9.59 Å². The molecule has 0 unspecified atom stereocenters. The second-order valence-corrected chi connectivity index (χ2v) is 5.77. The smallest absolute Gasteiger partial charge is 0.335 e. The first-order valence-corrected chi connectivity index (χ1v) is 7.79. The summed E-state index contributed by atoms with van der Waals surface area (Å²) in [5.74, 6) is -0.958. The van der Waals surface area contributed by atoms with Crippen LogP contribution in [0.15, 0.2) is 48.0 Å². The second-order valence-electron chi connectivity index (χ2n) is 5.77. The van der Waals surface area contributed by atoms with Crippen LogP contribution in [0.2, 0.25) is 0 Å². The fourth-order valence-electron chi connectivity index (χ4n) is 2.90. The number of allylic oxidation sites excluding steroid dienone is 1. The molecule has 0 saturated heterocycles. The number of ketones is 1. The largest absolute Gasteiger partial charge is 0.478 e. The molecular formula is C20H18O3. The van der Waals surface area contributed by atoms with Gasteiger partial charge >= 0.3 is 5.97 Å². The van der Waals surface area contributed by atoms with E-state index in [1.807, 2.05) is 18.2 Å². The number of carboxylic acids is 1. The molecule has 1 aliphatic carbocycles. The van der Waals surface area contributed by atoms with Crippen LogP contribution in [0.1, 0.15) is 50.8 Å². The Hall–Kier alpha value is -2.68. The molecule has 116 valence electrons. The first-order chi connectivity index (χ1) is 11.1. The van der Waals surface area contributed by atoms with Crippen LogP contribution in [0.5, 0.6) is 0 Å². The van der Waals surface area contributed by atoms with Gasteiger partial charge in [0.2, 0.25) is 0 Å². The van der Waals surface area contributed by atoms with Crippen molar-refractivity contribution in [3.63, 3.8) is 0 Å². The Balaban J connectivity index is 1.90. The predicted octanol–water partition coefficient (Wildman–Crippen LogP) is 4.16. The highest BCUT2D eigenvalue weighted by Crippen LogP contribution is 2.27. The van der Waals surface area contributed by atoms with Gasteiger partial charge < -0.3 is 5.11 Å². The summed E-state index contributed by atoms with van der Waals surface area (Å²) in [4.78, 5) is 23.6. The Kier molecular flexibility index (Phi) is 4.11. The lowest BCUT2D eigenvalue weighted by Crippen LogP contribution is -2.15. The molecule has 0 aromatic heterocycles. The lowest BCUT2D eigenvalue weighted by molar-refractivity contribution is 0.0696. The SMILES string of the molecule is CCc1ccc(C=C2CCc3cc(C(=O)O)ccc3C2=O)cc1. The average Bonchev–Trinajstić information content (AvgIpc) is 2.57. The first-order valence-electron chi connectivity index (χ1n) is 7.79. The maximum Gasteiger partial charge on any atom is 0.335 e. The van der Waals surface area contributed by atoms with Gasteiger partial charge in [-0.25, -0.2) is 4.79 Å². The maximum atomic E-state index is 12.6. The predicted molar refractivity (Wildman–Crippen MR) is 89.8 cm³/mol. The highest BCUT2D eigenvalue weighted by molar-refractivity contribution is 6.13. The normalized spacial score (nSPS) is 15.5. The van der Waals surface area contributed by atoms with Crippen molar-refractivity contribution < 1.29 is 14.7 Å². The van der Waals surface area contributed by atoms with Gasteiger partial charge in [-0.3, -0.25) is 4.79 Å². The van der Waals surface area contributed by atoms with E-state index in [-0.39, 0.29) is 11.3 Å². The molecule has 0 atom stereocenters. The fourth-order valence-corrected chi connectivity index (χ4v) is 2.90. The third kappa shape index (κ3) is 3.09. The van der Waals surface area contributed by atoms with Gasteiger partial charge in [0.05, 0.1) is 5.56 Å². The van der Waals surface area contributed by atoms with Crippen molar-refractivity contribution in [2.75, 3.05) is 0 Å². The summed E-state index contributed by atoms with van der Waals surface area (Å²) in [7, 11) is 0. The zero-order valence-corrected chi connectivity index (χ0v) is 13.0. The van der Waals surface area contributed by atoms with E-state index < -0.39 is 5.97 Å². The number of Topliss-reactive ketones (excluding diaryl/α,β-unsaturated/α-hetero) is 1. The summed E-state index contributed by atoms with van der Waals surface area (Å²) in [5, 5.41) is 9.05. The quantitative estimate of drug-likeness (QED) is 0.866. The van der Waals surface area contributed by atoms with Gasteiger partial charge in [0.15, 0.2) is 5.78 Å². The van der Waals surface area contributed by atoms with Gasteiger partial charge in [0, 0.05) is 11.1 Å².